The third kappa shape index (κ3) is 5.08. The zero-order valence-corrected chi connectivity index (χ0v) is 15.8. The number of nitrogens with one attached hydrogen (secondary N) is 1. The smallest absolute Gasteiger partial charge is 0.209 e. The SMILES string of the molecule is CCOc1cc(Br)c(CNCCSc2nnnn2C)cc1OC. The number of hydrogen-bond acceptors (Lipinski definition) is 7. The van der Waals surface area contributed by atoms with E-state index in [2.05, 4.69) is 36.8 Å². The predicted molar refractivity (Wildman–Crippen MR) is 93.1 cm³/mol. The van der Waals surface area contributed by atoms with Gasteiger partial charge in [0.15, 0.2) is 11.5 Å². The first-order valence-corrected chi connectivity index (χ1v) is 8.98. The molecule has 1 aromatic carbocycles. The van der Waals surface area contributed by atoms with Gasteiger partial charge in [-0.2, -0.15) is 0 Å². The zero-order chi connectivity index (χ0) is 16.7. The first-order valence-electron chi connectivity index (χ1n) is 7.20. The summed E-state index contributed by atoms with van der Waals surface area (Å²) in [5.41, 5.74) is 1.12. The molecular weight excluding hydrogens is 382 g/mol. The quantitative estimate of drug-likeness (QED) is 0.510. The number of halogens is 1. The van der Waals surface area contributed by atoms with E-state index in [4.69, 9.17) is 9.47 Å². The first kappa shape index (κ1) is 18.0. The summed E-state index contributed by atoms with van der Waals surface area (Å²) < 4.78 is 13.6. The second kappa shape index (κ2) is 9.09. The Labute approximate surface area is 148 Å². The van der Waals surface area contributed by atoms with Crippen molar-refractivity contribution in [2.45, 2.75) is 18.6 Å². The van der Waals surface area contributed by atoms with Crippen molar-refractivity contribution in [3.8, 4) is 11.5 Å². The summed E-state index contributed by atoms with van der Waals surface area (Å²) in [6.07, 6.45) is 0. The molecule has 2 aromatic rings. The molecule has 0 fully saturated rings. The second-order valence-corrected chi connectivity index (χ2v) is 6.55. The third-order valence-corrected chi connectivity index (χ3v) is 4.79. The Hall–Kier alpha value is -1.32. The van der Waals surface area contributed by atoms with Crippen molar-refractivity contribution in [3.05, 3.63) is 22.2 Å². The molecule has 0 spiro atoms. The number of benzene rings is 1. The van der Waals surface area contributed by atoms with E-state index in [0.29, 0.717) is 6.61 Å². The lowest BCUT2D eigenvalue weighted by Crippen LogP contribution is -2.17. The third-order valence-electron chi connectivity index (χ3n) is 3.04. The van der Waals surface area contributed by atoms with Crippen LogP contribution in [0.4, 0.5) is 0 Å². The Morgan fingerprint density at radius 3 is 2.83 bits per heavy atom. The summed E-state index contributed by atoms with van der Waals surface area (Å²) in [5, 5.41) is 15.6. The second-order valence-electron chi connectivity index (χ2n) is 4.64. The van der Waals surface area contributed by atoms with Crippen LogP contribution in [0.1, 0.15) is 12.5 Å². The number of ether oxygens (including phenoxy) is 2. The van der Waals surface area contributed by atoms with E-state index in [0.717, 1.165) is 45.5 Å². The van der Waals surface area contributed by atoms with Gasteiger partial charge in [0.1, 0.15) is 0 Å². The fourth-order valence-corrected chi connectivity index (χ4v) is 3.13. The number of nitrogens with zero attached hydrogens (tertiary/aromatic N) is 4. The van der Waals surface area contributed by atoms with Crippen molar-refractivity contribution < 1.29 is 9.47 Å². The van der Waals surface area contributed by atoms with Crippen LogP contribution in [0.15, 0.2) is 21.8 Å². The minimum atomic E-state index is 0.606. The lowest BCUT2D eigenvalue weighted by atomic mass is 10.2. The highest BCUT2D eigenvalue weighted by Crippen LogP contribution is 2.33. The number of tetrazole rings is 1. The minimum absolute atomic E-state index is 0.606. The molecule has 126 valence electrons. The molecule has 7 nitrogen and oxygen atoms in total. The van der Waals surface area contributed by atoms with Crippen molar-refractivity contribution in [2.75, 3.05) is 26.0 Å². The highest BCUT2D eigenvalue weighted by Gasteiger charge is 2.10. The van der Waals surface area contributed by atoms with Crippen molar-refractivity contribution in [3.63, 3.8) is 0 Å². The molecule has 0 atom stereocenters. The Kier molecular flexibility index (Phi) is 7.13. The maximum atomic E-state index is 5.56. The molecule has 9 heteroatoms. The molecular formula is C14H20BrN5O2S. The Balaban J connectivity index is 1.84. The maximum Gasteiger partial charge on any atom is 0.209 e. The first-order chi connectivity index (χ1) is 11.2. The van der Waals surface area contributed by atoms with Crippen LogP contribution in [0.5, 0.6) is 11.5 Å². The Morgan fingerprint density at radius 1 is 1.35 bits per heavy atom. The molecule has 0 aliphatic heterocycles. The molecule has 0 aliphatic rings. The molecule has 0 amide bonds. The van der Waals surface area contributed by atoms with Gasteiger partial charge in [-0.1, -0.05) is 27.7 Å². The van der Waals surface area contributed by atoms with Crippen LogP contribution in [0.3, 0.4) is 0 Å². The average Bonchev–Trinajstić information content (AvgIpc) is 2.94. The summed E-state index contributed by atoms with van der Waals surface area (Å²) in [6, 6.07) is 3.93. The van der Waals surface area contributed by atoms with Gasteiger partial charge in [0.05, 0.1) is 13.7 Å². The highest BCUT2D eigenvalue weighted by atomic mass is 79.9. The summed E-state index contributed by atoms with van der Waals surface area (Å²) in [6.45, 7) is 4.14. The van der Waals surface area contributed by atoms with Gasteiger partial charge < -0.3 is 14.8 Å². The van der Waals surface area contributed by atoms with Crippen LogP contribution in [0.2, 0.25) is 0 Å². The summed E-state index contributed by atoms with van der Waals surface area (Å²) >= 11 is 5.20. The summed E-state index contributed by atoms with van der Waals surface area (Å²) in [4.78, 5) is 0. The van der Waals surface area contributed by atoms with E-state index in [1.165, 1.54) is 0 Å². The fraction of sp³-hybridized carbons (Fsp3) is 0.500. The molecule has 0 unspecified atom stereocenters. The standard InChI is InChI=1S/C14H20BrN5O2S/c1-4-22-13-8-11(15)10(7-12(13)21-3)9-16-5-6-23-14-17-18-19-20(14)2/h7-8,16H,4-6,9H2,1-3H3. The molecule has 1 aromatic heterocycles. The van der Waals surface area contributed by atoms with Gasteiger partial charge >= 0.3 is 0 Å². The van der Waals surface area contributed by atoms with Crippen molar-refractivity contribution in [2.24, 2.45) is 7.05 Å². The number of thioether (sulfide) groups is 1. The van der Waals surface area contributed by atoms with Gasteiger partial charge in [-0.15, -0.1) is 5.10 Å². The molecule has 1 N–H and O–H groups in total. The van der Waals surface area contributed by atoms with E-state index in [1.807, 2.05) is 26.1 Å². The largest absolute Gasteiger partial charge is 0.493 e. The molecule has 1 heterocycles. The summed E-state index contributed by atoms with van der Waals surface area (Å²) in [7, 11) is 3.48. The lowest BCUT2D eigenvalue weighted by molar-refractivity contribution is 0.310. The average molecular weight is 402 g/mol. The maximum absolute atomic E-state index is 5.56. The Morgan fingerprint density at radius 2 is 2.17 bits per heavy atom. The van der Waals surface area contributed by atoms with Crippen molar-refractivity contribution in [1.29, 1.82) is 0 Å². The Bertz CT molecular complexity index is 638. The number of hydrogen-bond donors (Lipinski definition) is 1. The van der Waals surface area contributed by atoms with Gasteiger partial charge in [-0.05, 0) is 35.0 Å². The van der Waals surface area contributed by atoms with E-state index >= 15 is 0 Å². The van der Waals surface area contributed by atoms with Crippen LogP contribution in [-0.2, 0) is 13.6 Å². The van der Waals surface area contributed by atoms with Gasteiger partial charge in [-0.3, -0.25) is 0 Å². The summed E-state index contributed by atoms with van der Waals surface area (Å²) in [5.74, 6) is 2.38. The normalized spacial score (nSPS) is 10.8. The number of methoxy groups -OCH3 is 1. The zero-order valence-electron chi connectivity index (χ0n) is 13.4. The van der Waals surface area contributed by atoms with Gasteiger partial charge in [0.2, 0.25) is 5.16 Å². The van der Waals surface area contributed by atoms with Crippen LogP contribution >= 0.6 is 27.7 Å². The molecule has 0 radical (unpaired) electrons. The number of aromatic nitrogens is 4. The highest BCUT2D eigenvalue weighted by molar-refractivity contribution is 9.10. The van der Waals surface area contributed by atoms with Crippen LogP contribution in [0.25, 0.3) is 0 Å². The van der Waals surface area contributed by atoms with E-state index in [1.54, 1.807) is 23.6 Å². The predicted octanol–water partition coefficient (Wildman–Crippen LogP) is 2.26. The van der Waals surface area contributed by atoms with Crippen LogP contribution in [0, 0.1) is 0 Å². The van der Waals surface area contributed by atoms with E-state index in [-0.39, 0.29) is 0 Å². The van der Waals surface area contributed by atoms with E-state index < -0.39 is 0 Å². The van der Waals surface area contributed by atoms with Gasteiger partial charge in [0.25, 0.3) is 0 Å². The van der Waals surface area contributed by atoms with Gasteiger partial charge in [-0.25, -0.2) is 4.68 Å². The topological polar surface area (TPSA) is 74.1 Å². The molecule has 0 saturated heterocycles. The fourth-order valence-electron chi connectivity index (χ4n) is 1.92. The molecule has 0 bridgehead atoms. The number of rotatable bonds is 9. The molecule has 0 aliphatic carbocycles. The van der Waals surface area contributed by atoms with E-state index in [9.17, 15) is 0 Å². The number of aryl methyl sites for hydroxylation is 1. The molecule has 2 rings (SSSR count). The van der Waals surface area contributed by atoms with Crippen molar-refractivity contribution >= 4 is 27.7 Å². The van der Waals surface area contributed by atoms with Crippen molar-refractivity contribution in [1.82, 2.24) is 25.5 Å². The van der Waals surface area contributed by atoms with Gasteiger partial charge in [0, 0.05) is 30.4 Å². The monoisotopic (exact) mass is 401 g/mol. The van der Waals surface area contributed by atoms with Crippen LogP contribution < -0.4 is 14.8 Å². The molecule has 23 heavy (non-hydrogen) atoms. The van der Waals surface area contributed by atoms with Crippen LogP contribution in [-0.4, -0.2) is 46.2 Å². The minimum Gasteiger partial charge on any atom is -0.493 e. The molecule has 0 saturated carbocycles. The lowest BCUT2D eigenvalue weighted by Gasteiger charge is -2.13.